The van der Waals surface area contributed by atoms with Gasteiger partial charge in [0.2, 0.25) is 5.91 Å². The SMILES string of the molecule is COc1cc(F)c(C(=O)N2CC[C@@]34OC[C@@H](C(C)C)N3C(=O)C[C@@H]24)c(F)c1. The highest BCUT2D eigenvalue weighted by molar-refractivity contribution is 5.96. The van der Waals surface area contributed by atoms with Crippen LogP contribution < -0.4 is 4.74 Å². The summed E-state index contributed by atoms with van der Waals surface area (Å²) in [6, 6.07) is 1.37. The van der Waals surface area contributed by atoms with Crippen molar-refractivity contribution in [2.75, 3.05) is 20.3 Å². The molecule has 0 unspecified atom stereocenters. The largest absolute Gasteiger partial charge is 0.497 e. The van der Waals surface area contributed by atoms with Crippen molar-refractivity contribution in [2.24, 2.45) is 5.92 Å². The lowest BCUT2D eigenvalue weighted by atomic mass is 10.0. The van der Waals surface area contributed by atoms with Crippen molar-refractivity contribution >= 4 is 11.8 Å². The van der Waals surface area contributed by atoms with Crippen LogP contribution in [0.2, 0.25) is 0 Å². The second-order valence-corrected chi connectivity index (χ2v) is 7.67. The van der Waals surface area contributed by atoms with Crippen LogP contribution >= 0.6 is 0 Å². The lowest BCUT2D eigenvalue weighted by molar-refractivity contribution is -0.139. The first-order valence-electron chi connectivity index (χ1n) is 9.10. The predicted molar refractivity (Wildman–Crippen MR) is 91.1 cm³/mol. The van der Waals surface area contributed by atoms with Gasteiger partial charge in [0.05, 0.1) is 32.2 Å². The summed E-state index contributed by atoms with van der Waals surface area (Å²) >= 11 is 0. The van der Waals surface area contributed by atoms with E-state index in [2.05, 4.69) is 0 Å². The number of likely N-dealkylation sites (tertiary alicyclic amines) is 1. The van der Waals surface area contributed by atoms with E-state index in [1.807, 2.05) is 13.8 Å². The minimum absolute atomic E-state index is 0.000521. The molecule has 1 aromatic carbocycles. The van der Waals surface area contributed by atoms with Gasteiger partial charge >= 0.3 is 0 Å². The molecule has 146 valence electrons. The molecule has 2 amide bonds. The zero-order valence-electron chi connectivity index (χ0n) is 15.5. The van der Waals surface area contributed by atoms with Crippen LogP contribution in [0.15, 0.2) is 12.1 Å². The second kappa shape index (κ2) is 6.15. The van der Waals surface area contributed by atoms with E-state index < -0.39 is 34.9 Å². The molecule has 3 atom stereocenters. The van der Waals surface area contributed by atoms with Crippen molar-refractivity contribution in [1.29, 1.82) is 0 Å². The fourth-order valence-electron chi connectivity index (χ4n) is 4.63. The molecule has 3 aliphatic rings. The zero-order valence-corrected chi connectivity index (χ0v) is 15.5. The second-order valence-electron chi connectivity index (χ2n) is 7.67. The van der Waals surface area contributed by atoms with Crippen LogP contribution in [0.25, 0.3) is 0 Å². The molecule has 0 radical (unpaired) electrons. The van der Waals surface area contributed by atoms with E-state index in [0.29, 0.717) is 13.0 Å². The third-order valence-electron chi connectivity index (χ3n) is 5.98. The van der Waals surface area contributed by atoms with Crippen LogP contribution in [0.1, 0.15) is 37.0 Å². The molecule has 6 nitrogen and oxygen atoms in total. The molecule has 3 saturated heterocycles. The van der Waals surface area contributed by atoms with E-state index in [4.69, 9.17) is 9.47 Å². The van der Waals surface area contributed by atoms with Crippen molar-refractivity contribution in [3.63, 3.8) is 0 Å². The van der Waals surface area contributed by atoms with E-state index in [1.165, 1.54) is 12.0 Å². The van der Waals surface area contributed by atoms with E-state index in [1.54, 1.807) is 4.90 Å². The molecule has 0 aromatic heterocycles. The van der Waals surface area contributed by atoms with Crippen molar-refractivity contribution < 1.29 is 27.8 Å². The van der Waals surface area contributed by atoms with Gasteiger partial charge in [-0.05, 0) is 5.92 Å². The molecule has 3 heterocycles. The molecule has 1 aromatic rings. The van der Waals surface area contributed by atoms with E-state index in [0.717, 1.165) is 12.1 Å². The highest BCUT2D eigenvalue weighted by atomic mass is 19.1. The van der Waals surface area contributed by atoms with Gasteiger partial charge in [0.25, 0.3) is 5.91 Å². The fraction of sp³-hybridized carbons (Fsp3) is 0.579. The Hall–Kier alpha value is -2.22. The summed E-state index contributed by atoms with van der Waals surface area (Å²) < 4.78 is 39.6. The van der Waals surface area contributed by atoms with E-state index >= 15 is 0 Å². The predicted octanol–water partition coefficient (Wildman–Crippen LogP) is 2.17. The van der Waals surface area contributed by atoms with Crippen molar-refractivity contribution in [3.8, 4) is 5.75 Å². The summed E-state index contributed by atoms with van der Waals surface area (Å²) in [4.78, 5) is 28.7. The maximum absolute atomic E-state index is 14.4. The summed E-state index contributed by atoms with van der Waals surface area (Å²) in [5.74, 6) is -2.59. The number of rotatable bonds is 3. The molecule has 27 heavy (non-hydrogen) atoms. The molecule has 0 saturated carbocycles. The lowest BCUT2D eigenvalue weighted by Gasteiger charge is -2.34. The quantitative estimate of drug-likeness (QED) is 0.807. The van der Waals surface area contributed by atoms with Crippen LogP contribution in [-0.2, 0) is 9.53 Å². The molecule has 0 aliphatic carbocycles. The Morgan fingerprint density at radius 2 is 2.00 bits per heavy atom. The number of amides is 2. The maximum atomic E-state index is 14.4. The van der Waals surface area contributed by atoms with Gasteiger partial charge in [0.1, 0.15) is 22.9 Å². The number of carbonyl (C=O) groups excluding carboxylic acids is 2. The lowest BCUT2D eigenvalue weighted by Crippen LogP contribution is -2.51. The summed E-state index contributed by atoms with van der Waals surface area (Å²) in [6.07, 6.45) is 0.548. The topological polar surface area (TPSA) is 59.1 Å². The Kier molecular flexibility index (Phi) is 4.14. The number of nitrogens with zero attached hydrogens (tertiary/aromatic N) is 2. The van der Waals surface area contributed by atoms with Gasteiger partial charge in [0.15, 0.2) is 5.72 Å². The number of hydrogen-bond donors (Lipinski definition) is 0. The van der Waals surface area contributed by atoms with Crippen LogP contribution in [0.4, 0.5) is 8.78 Å². The molecule has 8 heteroatoms. The van der Waals surface area contributed by atoms with Crippen molar-refractivity contribution in [1.82, 2.24) is 9.80 Å². The Bertz CT molecular complexity index is 792. The number of benzene rings is 1. The Morgan fingerprint density at radius 1 is 1.33 bits per heavy atom. The molecular formula is C19H22F2N2O4. The van der Waals surface area contributed by atoms with Gasteiger partial charge < -0.3 is 19.3 Å². The maximum Gasteiger partial charge on any atom is 0.260 e. The molecule has 3 fully saturated rings. The monoisotopic (exact) mass is 380 g/mol. The first-order chi connectivity index (χ1) is 12.8. The first-order valence-corrected chi connectivity index (χ1v) is 9.10. The molecule has 4 rings (SSSR count). The van der Waals surface area contributed by atoms with Crippen LogP contribution in [0, 0.1) is 17.6 Å². The van der Waals surface area contributed by atoms with Gasteiger partial charge in [-0.15, -0.1) is 0 Å². The third-order valence-corrected chi connectivity index (χ3v) is 5.98. The highest BCUT2D eigenvalue weighted by Crippen LogP contribution is 2.49. The molecular weight excluding hydrogens is 358 g/mol. The van der Waals surface area contributed by atoms with E-state index in [-0.39, 0.29) is 36.6 Å². The summed E-state index contributed by atoms with van der Waals surface area (Å²) in [5.41, 5.74) is -1.50. The van der Waals surface area contributed by atoms with Crippen molar-refractivity contribution in [2.45, 2.75) is 44.5 Å². The number of halogens is 2. The summed E-state index contributed by atoms with van der Waals surface area (Å²) in [6.45, 7) is 4.73. The Balaban J connectivity index is 1.67. The van der Waals surface area contributed by atoms with Crippen molar-refractivity contribution in [3.05, 3.63) is 29.3 Å². The summed E-state index contributed by atoms with van der Waals surface area (Å²) in [7, 11) is 1.29. The number of methoxy groups -OCH3 is 1. The highest BCUT2D eigenvalue weighted by Gasteiger charge is 2.65. The molecule has 1 spiro atoms. The number of carbonyl (C=O) groups is 2. The van der Waals surface area contributed by atoms with Gasteiger partial charge in [0, 0.05) is 25.1 Å². The Morgan fingerprint density at radius 3 is 2.59 bits per heavy atom. The van der Waals surface area contributed by atoms with Gasteiger partial charge in [-0.3, -0.25) is 9.59 Å². The molecule has 3 aliphatic heterocycles. The summed E-state index contributed by atoms with van der Waals surface area (Å²) in [5, 5.41) is 0. The third kappa shape index (κ3) is 2.46. The van der Waals surface area contributed by atoms with Gasteiger partial charge in [-0.2, -0.15) is 0 Å². The molecule has 0 bridgehead atoms. The Labute approximate surface area is 156 Å². The fourth-order valence-corrected chi connectivity index (χ4v) is 4.63. The normalized spacial score (nSPS) is 29.5. The average molecular weight is 380 g/mol. The van der Waals surface area contributed by atoms with Crippen LogP contribution in [0.3, 0.4) is 0 Å². The zero-order chi connectivity index (χ0) is 19.5. The van der Waals surface area contributed by atoms with E-state index in [9.17, 15) is 18.4 Å². The smallest absolute Gasteiger partial charge is 0.260 e. The average Bonchev–Trinajstić information content (AvgIpc) is 3.23. The van der Waals surface area contributed by atoms with Crippen LogP contribution in [0.5, 0.6) is 5.75 Å². The molecule has 0 N–H and O–H groups in total. The van der Waals surface area contributed by atoms with Crippen LogP contribution in [-0.4, -0.2) is 59.7 Å². The number of ether oxygens (including phenoxy) is 2. The van der Waals surface area contributed by atoms with Gasteiger partial charge in [-0.1, -0.05) is 13.8 Å². The number of hydrogen-bond acceptors (Lipinski definition) is 4. The minimum atomic E-state index is -0.980. The minimum Gasteiger partial charge on any atom is -0.497 e. The standard InChI is InChI=1S/C19H22F2N2O4/c1-10(2)14-9-27-19-4-5-22(15(19)8-16(24)23(14)19)18(25)17-12(20)6-11(26-3)7-13(17)21/h6-7,10,14-15H,4-5,8-9H2,1-3H3/t14-,15+,19-/m0/s1. The van der Waals surface area contributed by atoms with Gasteiger partial charge in [-0.25, -0.2) is 8.78 Å². The first kappa shape index (κ1) is 18.2.